The lowest BCUT2D eigenvalue weighted by Gasteiger charge is -2.17. The van der Waals surface area contributed by atoms with E-state index in [1.165, 1.54) is 45.1 Å². The Balaban J connectivity index is 1.67. The first-order valence-corrected chi connectivity index (χ1v) is 5.69. The molecule has 2 saturated carbocycles. The summed E-state index contributed by atoms with van der Waals surface area (Å²) in [5.74, 6) is 1.75. The Morgan fingerprint density at radius 1 is 1.25 bits per heavy atom. The number of hydrogen-bond acceptors (Lipinski definition) is 1. The highest BCUT2D eigenvalue weighted by molar-refractivity contribution is 6.18. The van der Waals surface area contributed by atoms with Gasteiger partial charge in [0.1, 0.15) is 0 Å². The highest BCUT2D eigenvalue weighted by atomic mass is 35.5. The van der Waals surface area contributed by atoms with E-state index >= 15 is 0 Å². The molecule has 2 fully saturated rings. The topological polar surface area (TPSA) is 12.0 Å². The minimum Gasteiger partial charge on any atom is -0.310 e. The van der Waals surface area contributed by atoms with Crippen molar-refractivity contribution in [2.45, 2.75) is 44.1 Å². The molecule has 0 radical (unpaired) electrons. The second kappa shape index (κ2) is 3.55. The third-order valence-corrected chi connectivity index (χ3v) is 3.86. The van der Waals surface area contributed by atoms with E-state index < -0.39 is 0 Å². The first-order valence-electron chi connectivity index (χ1n) is 5.16. The average Bonchev–Trinajstić information content (AvgIpc) is 2.70. The van der Waals surface area contributed by atoms with Gasteiger partial charge in [0.25, 0.3) is 0 Å². The monoisotopic (exact) mass is 187 g/mol. The van der Waals surface area contributed by atoms with Gasteiger partial charge in [-0.1, -0.05) is 12.8 Å². The van der Waals surface area contributed by atoms with Crippen LogP contribution in [-0.2, 0) is 0 Å². The van der Waals surface area contributed by atoms with Crippen molar-refractivity contribution < 1.29 is 0 Å². The standard InChI is InChI=1S/C10H18ClN/c11-8-10(5-6-10)12-7-9-3-1-2-4-9/h9,12H,1-8H2. The summed E-state index contributed by atoms with van der Waals surface area (Å²) in [7, 11) is 0. The Morgan fingerprint density at radius 3 is 2.42 bits per heavy atom. The average molecular weight is 188 g/mol. The van der Waals surface area contributed by atoms with Crippen molar-refractivity contribution in [3.8, 4) is 0 Å². The highest BCUT2D eigenvalue weighted by Gasteiger charge is 2.41. The number of hydrogen-bond donors (Lipinski definition) is 1. The zero-order valence-corrected chi connectivity index (χ0v) is 8.37. The predicted molar refractivity (Wildman–Crippen MR) is 52.6 cm³/mol. The first-order chi connectivity index (χ1) is 5.85. The summed E-state index contributed by atoms with van der Waals surface area (Å²) in [6.07, 6.45) is 8.35. The highest BCUT2D eigenvalue weighted by Crippen LogP contribution is 2.37. The lowest BCUT2D eigenvalue weighted by atomic mass is 10.1. The molecule has 2 rings (SSSR count). The summed E-state index contributed by atoms with van der Waals surface area (Å²) in [6, 6.07) is 0. The fourth-order valence-corrected chi connectivity index (χ4v) is 2.45. The van der Waals surface area contributed by atoms with Crippen molar-refractivity contribution in [1.82, 2.24) is 5.32 Å². The molecule has 12 heavy (non-hydrogen) atoms. The smallest absolute Gasteiger partial charge is 0.0406 e. The Labute approximate surface area is 79.9 Å². The molecule has 0 aromatic rings. The molecule has 2 aliphatic rings. The summed E-state index contributed by atoms with van der Waals surface area (Å²) in [5.41, 5.74) is 0.365. The minimum atomic E-state index is 0.365. The van der Waals surface area contributed by atoms with Crippen LogP contribution in [0.25, 0.3) is 0 Å². The van der Waals surface area contributed by atoms with E-state index in [0.717, 1.165) is 11.8 Å². The Hall–Kier alpha value is 0.250. The molecule has 0 aromatic carbocycles. The fraction of sp³-hybridized carbons (Fsp3) is 1.00. The van der Waals surface area contributed by atoms with Crippen LogP contribution in [0.3, 0.4) is 0 Å². The van der Waals surface area contributed by atoms with Crippen LogP contribution in [0.1, 0.15) is 38.5 Å². The fourth-order valence-electron chi connectivity index (χ4n) is 2.08. The van der Waals surface area contributed by atoms with E-state index in [9.17, 15) is 0 Å². The third kappa shape index (κ3) is 1.94. The van der Waals surface area contributed by atoms with E-state index in [2.05, 4.69) is 5.32 Å². The molecule has 2 aliphatic carbocycles. The maximum absolute atomic E-state index is 5.88. The van der Waals surface area contributed by atoms with Crippen LogP contribution in [0.15, 0.2) is 0 Å². The molecule has 1 N–H and O–H groups in total. The van der Waals surface area contributed by atoms with Crippen molar-refractivity contribution in [2.75, 3.05) is 12.4 Å². The third-order valence-electron chi connectivity index (χ3n) is 3.35. The van der Waals surface area contributed by atoms with Gasteiger partial charge in [-0.05, 0) is 38.1 Å². The summed E-state index contributed by atoms with van der Waals surface area (Å²) in [6.45, 7) is 1.22. The van der Waals surface area contributed by atoms with Crippen molar-refractivity contribution in [3.05, 3.63) is 0 Å². The molecule has 0 bridgehead atoms. The summed E-state index contributed by atoms with van der Waals surface area (Å²) >= 11 is 5.88. The molecule has 2 heteroatoms. The predicted octanol–water partition coefficient (Wildman–Crippen LogP) is 2.54. The van der Waals surface area contributed by atoms with Gasteiger partial charge >= 0.3 is 0 Å². The number of nitrogens with one attached hydrogen (secondary N) is 1. The maximum atomic E-state index is 5.88. The molecule has 1 nitrogen and oxygen atoms in total. The van der Waals surface area contributed by atoms with Crippen LogP contribution in [0.5, 0.6) is 0 Å². The zero-order valence-electron chi connectivity index (χ0n) is 7.61. The van der Waals surface area contributed by atoms with Crippen LogP contribution in [0.4, 0.5) is 0 Å². The molecule has 70 valence electrons. The van der Waals surface area contributed by atoms with E-state index in [1.54, 1.807) is 0 Å². The van der Waals surface area contributed by atoms with Gasteiger partial charge in [-0.15, -0.1) is 11.6 Å². The van der Waals surface area contributed by atoms with Crippen molar-refractivity contribution in [3.63, 3.8) is 0 Å². The normalized spacial score (nSPS) is 27.8. The lowest BCUT2D eigenvalue weighted by molar-refractivity contribution is 0.438. The molecule has 0 atom stereocenters. The van der Waals surface area contributed by atoms with E-state index in [1.807, 2.05) is 0 Å². The summed E-state index contributed by atoms with van der Waals surface area (Å²) < 4.78 is 0. The van der Waals surface area contributed by atoms with Crippen LogP contribution in [0, 0.1) is 5.92 Å². The van der Waals surface area contributed by atoms with Gasteiger partial charge < -0.3 is 5.32 Å². The van der Waals surface area contributed by atoms with Crippen molar-refractivity contribution in [1.29, 1.82) is 0 Å². The van der Waals surface area contributed by atoms with Crippen LogP contribution in [-0.4, -0.2) is 18.0 Å². The van der Waals surface area contributed by atoms with Gasteiger partial charge in [0.2, 0.25) is 0 Å². The van der Waals surface area contributed by atoms with Gasteiger partial charge in [-0.2, -0.15) is 0 Å². The molecule has 0 spiro atoms. The summed E-state index contributed by atoms with van der Waals surface area (Å²) in [5, 5.41) is 3.63. The molecule has 0 aliphatic heterocycles. The first kappa shape index (κ1) is 8.83. The van der Waals surface area contributed by atoms with Crippen molar-refractivity contribution in [2.24, 2.45) is 5.92 Å². The lowest BCUT2D eigenvalue weighted by Crippen LogP contribution is -2.36. The van der Waals surface area contributed by atoms with E-state index in [0.29, 0.717) is 5.54 Å². The van der Waals surface area contributed by atoms with Crippen LogP contribution in [0.2, 0.25) is 0 Å². The maximum Gasteiger partial charge on any atom is 0.0406 e. The largest absolute Gasteiger partial charge is 0.310 e. The molecule has 0 amide bonds. The molecular formula is C10H18ClN. The Morgan fingerprint density at radius 2 is 1.92 bits per heavy atom. The van der Waals surface area contributed by atoms with Gasteiger partial charge in [-0.3, -0.25) is 0 Å². The molecule has 0 aromatic heterocycles. The van der Waals surface area contributed by atoms with Gasteiger partial charge in [-0.25, -0.2) is 0 Å². The second-order valence-electron chi connectivity index (χ2n) is 4.45. The SMILES string of the molecule is ClCC1(NCC2CCCC2)CC1. The Kier molecular flexibility index (Phi) is 2.61. The number of alkyl halides is 1. The molecule has 0 saturated heterocycles. The van der Waals surface area contributed by atoms with Gasteiger partial charge in [0.15, 0.2) is 0 Å². The van der Waals surface area contributed by atoms with E-state index in [-0.39, 0.29) is 0 Å². The van der Waals surface area contributed by atoms with Crippen LogP contribution >= 0.6 is 11.6 Å². The van der Waals surface area contributed by atoms with Gasteiger partial charge in [0.05, 0.1) is 0 Å². The molecule has 0 unspecified atom stereocenters. The zero-order chi connectivity index (χ0) is 8.44. The molecular weight excluding hydrogens is 170 g/mol. The van der Waals surface area contributed by atoms with Crippen LogP contribution < -0.4 is 5.32 Å². The van der Waals surface area contributed by atoms with Crippen molar-refractivity contribution >= 4 is 11.6 Å². The number of rotatable bonds is 4. The quantitative estimate of drug-likeness (QED) is 0.668. The number of halogens is 1. The summed E-state index contributed by atoms with van der Waals surface area (Å²) in [4.78, 5) is 0. The Bertz CT molecular complexity index is 148. The molecule has 0 heterocycles. The second-order valence-corrected chi connectivity index (χ2v) is 4.71. The van der Waals surface area contributed by atoms with Gasteiger partial charge in [0, 0.05) is 11.4 Å². The minimum absolute atomic E-state index is 0.365. The van der Waals surface area contributed by atoms with E-state index in [4.69, 9.17) is 11.6 Å².